The van der Waals surface area contributed by atoms with Gasteiger partial charge >= 0.3 is 0 Å². The van der Waals surface area contributed by atoms with Crippen molar-refractivity contribution in [3.63, 3.8) is 0 Å². The first-order valence-corrected chi connectivity index (χ1v) is 7.39. The quantitative estimate of drug-likeness (QED) is 0.400. The van der Waals surface area contributed by atoms with Gasteiger partial charge in [-0.2, -0.15) is 0 Å². The third-order valence-corrected chi connectivity index (χ3v) is 2.96. The maximum Gasteiger partial charge on any atom is 0.195 e. The molecule has 0 saturated carbocycles. The first-order valence-electron chi connectivity index (χ1n) is 7.39. The fraction of sp³-hybridized carbons (Fsp3) is 0.562. The largest absolute Gasteiger partial charge is 0.493 e. The molecule has 6 heteroatoms. The summed E-state index contributed by atoms with van der Waals surface area (Å²) in [7, 11) is 3.40. The fourth-order valence-corrected chi connectivity index (χ4v) is 1.82. The summed E-state index contributed by atoms with van der Waals surface area (Å²) < 4.78 is 10.8. The van der Waals surface area contributed by atoms with Crippen molar-refractivity contribution in [2.24, 2.45) is 10.9 Å². The van der Waals surface area contributed by atoms with Crippen molar-refractivity contribution in [2.75, 3.05) is 32.6 Å². The van der Waals surface area contributed by atoms with Gasteiger partial charge in [-0.15, -0.1) is 24.0 Å². The zero-order chi connectivity index (χ0) is 15.7. The van der Waals surface area contributed by atoms with Crippen molar-refractivity contribution in [2.45, 2.75) is 27.2 Å². The highest BCUT2D eigenvalue weighted by molar-refractivity contribution is 14.0. The van der Waals surface area contributed by atoms with Crippen LogP contribution in [0, 0.1) is 5.92 Å². The highest BCUT2D eigenvalue weighted by Crippen LogP contribution is 2.30. The van der Waals surface area contributed by atoms with E-state index in [1.54, 1.807) is 14.2 Å². The van der Waals surface area contributed by atoms with Gasteiger partial charge < -0.3 is 20.1 Å². The van der Waals surface area contributed by atoms with Crippen molar-refractivity contribution in [3.05, 3.63) is 18.2 Å². The molecular formula is C16H28IN3O2. The summed E-state index contributed by atoms with van der Waals surface area (Å²) in [6, 6.07) is 5.75. The molecule has 1 aromatic carbocycles. The van der Waals surface area contributed by atoms with Crippen molar-refractivity contribution in [3.8, 4) is 11.5 Å². The van der Waals surface area contributed by atoms with E-state index in [0.29, 0.717) is 18.3 Å². The highest BCUT2D eigenvalue weighted by Gasteiger charge is 2.06. The van der Waals surface area contributed by atoms with Crippen LogP contribution in [-0.4, -0.2) is 33.3 Å². The Hall–Kier alpha value is -1.18. The van der Waals surface area contributed by atoms with Crippen LogP contribution in [0.15, 0.2) is 23.2 Å². The topological polar surface area (TPSA) is 54.9 Å². The van der Waals surface area contributed by atoms with E-state index in [-0.39, 0.29) is 24.0 Å². The lowest BCUT2D eigenvalue weighted by Gasteiger charge is -2.15. The molecule has 0 amide bonds. The van der Waals surface area contributed by atoms with Crippen molar-refractivity contribution in [1.29, 1.82) is 0 Å². The molecule has 0 fully saturated rings. The number of nitrogens with zero attached hydrogens (tertiary/aromatic N) is 1. The molecular weight excluding hydrogens is 393 g/mol. The molecule has 22 heavy (non-hydrogen) atoms. The van der Waals surface area contributed by atoms with Gasteiger partial charge in [0.1, 0.15) is 0 Å². The number of rotatable bonds is 7. The van der Waals surface area contributed by atoms with E-state index < -0.39 is 0 Å². The van der Waals surface area contributed by atoms with Crippen molar-refractivity contribution in [1.82, 2.24) is 5.32 Å². The number of hydrogen-bond donors (Lipinski definition) is 2. The highest BCUT2D eigenvalue weighted by atomic mass is 127. The number of methoxy groups -OCH3 is 1. The van der Waals surface area contributed by atoms with Crippen molar-refractivity contribution >= 4 is 35.6 Å². The molecule has 126 valence electrons. The zero-order valence-electron chi connectivity index (χ0n) is 14.1. The second-order valence-corrected chi connectivity index (χ2v) is 5.11. The Morgan fingerprint density at radius 2 is 2.00 bits per heavy atom. The summed E-state index contributed by atoms with van der Waals surface area (Å²) in [5, 5.41) is 6.54. The third kappa shape index (κ3) is 7.20. The number of ether oxygens (including phenoxy) is 2. The van der Waals surface area contributed by atoms with Gasteiger partial charge in [-0.25, -0.2) is 0 Å². The molecule has 0 aliphatic heterocycles. The summed E-state index contributed by atoms with van der Waals surface area (Å²) in [5.74, 6) is 2.87. The molecule has 0 aromatic heterocycles. The fourth-order valence-electron chi connectivity index (χ4n) is 1.82. The third-order valence-electron chi connectivity index (χ3n) is 2.96. The van der Waals surface area contributed by atoms with Crippen LogP contribution < -0.4 is 20.1 Å². The van der Waals surface area contributed by atoms with Crippen LogP contribution in [0.2, 0.25) is 0 Å². The molecule has 0 spiro atoms. The Labute approximate surface area is 150 Å². The minimum atomic E-state index is 0. The molecule has 0 saturated heterocycles. The minimum Gasteiger partial charge on any atom is -0.493 e. The average Bonchev–Trinajstić information content (AvgIpc) is 2.47. The molecule has 0 heterocycles. The van der Waals surface area contributed by atoms with Gasteiger partial charge in [0.25, 0.3) is 0 Å². The molecule has 1 rings (SSSR count). The first kappa shape index (κ1) is 20.8. The minimum absolute atomic E-state index is 0. The summed E-state index contributed by atoms with van der Waals surface area (Å²) in [5.41, 5.74) is 0.910. The average molecular weight is 421 g/mol. The molecule has 0 aliphatic carbocycles. The molecule has 1 aromatic rings. The van der Waals surface area contributed by atoms with Crippen molar-refractivity contribution < 1.29 is 9.47 Å². The maximum absolute atomic E-state index is 5.51. The number of nitrogens with one attached hydrogen (secondary N) is 2. The van der Waals surface area contributed by atoms with Crippen LogP contribution in [0.3, 0.4) is 0 Å². The maximum atomic E-state index is 5.51. The second-order valence-electron chi connectivity index (χ2n) is 5.11. The van der Waals surface area contributed by atoms with E-state index >= 15 is 0 Å². The summed E-state index contributed by atoms with van der Waals surface area (Å²) in [6.45, 7) is 7.86. The molecule has 0 unspecified atom stereocenters. The van der Waals surface area contributed by atoms with Gasteiger partial charge in [-0.1, -0.05) is 13.8 Å². The van der Waals surface area contributed by atoms with Crippen LogP contribution in [0.1, 0.15) is 27.2 Å². The van der Waals surface area contributed by atoms with E-state index in [0.717, 1.165) is 30.4 Å². The number of anilines is 1. The van der Waals surface area contributed by atoms with Crippen LogP contribution in [0.4, 0.5) is 5.69 Å². The van der Waals surface area contributed by atoms with E-state index in [2.05, 4.69) is 29.5 Å². The van der Waals surface area contributed by atoms with E-state index in [9.17, 15) is 0 Å². The molecule has 0 atom stereocenters. The molecule has 5 nitrogen and oxygen atoms in total. The smallest absolute Gasteiger partial charge is 0.195 e. The Balaban J connectivity index is 0.00000441. The predicted molar refractivity (Wildman–Crippen MR) is 104 cm³/mol. The Morgan fingerprint density at radius 3 is 2.55 bits per heavy atom. The van der Waals surface area contributed by atoms with Gasteiger partial charge in [0.2, 0.25) is 0 Å². The Morgan fingerprint density at radius 1 is 1.27 bits per heavy atom. The van der Waals surface area contributed by atoms with E-state index in [4.69, 9.17) is 9.47 Å². The Bertz CT molecular complexity index is 465. The lowest BCUT2D eigenvalue weighted by molar-refractivity contribution is 0.311. The van der Waals surface area contributed by atoms with E-state index in [1.165, 1.54) is 0 Å². The number of benzene rings is 1. The van der Waals surface area contributed by atoms with Gasteiger partial charge in [0, 0.05) is 25.3 Å². The summed E-state index contributed by atoms with van der Waals surface area (Å²) in [6.07, 6.45) is 1.10. The number of hydrogen-bond acceptors (Lipinski definition) is 3. The SMILES string of the molecule is CCOc1ccc(NC(=NC)NCCC(C)C)cc1OC.I. The zero-order valence-corrected chi connectivity index (χ0v) is 16.4. The lowest BCUT2D eigenvalue weighted by Crippen LogP contribution is -2.31. The summed E-state index contributed by atoms with van der Waals surface area (Å²) in [4.78, 5) is 4.22. The standard InChI is InChI=1S/C16H27N3O2.HI/c1-6-21-14-8-7-13(11-15(14)20-5)19-16(17-4)18-10-9-12(2)3;/h7-8,11-12H,6,9-10H2,1-5H3,(H2,17,18,19);1H. The van der Waals surface area contributed by atoms with Crippen LogP contribution >= 0.6 is 24.0 Å². The molecule has 2 N–H and O–H groups in total. The van der Waals surface area contributed by atoms with Crippen LogP contribution in [0.25, 0.3) is 0 Å². The lowest BCUT2D eigenvalue weighted by atomic mass is 10.1. The number of aliphatic imine (C=N–C) groups is 1. The van der Waals surface area contributed by atoms with E-state index in [1.807, 2.05) is 25.1 Å². The van der Waals surface area contributed by atoms with Gasteiger partial charge in [-0.3, -0.25) is 4.99 Å². The van der Waals surface area contributed by atoms with Gasteiger partial charge in [-0.05, 0) is 31.4 Å². The molecule has 0 aliphatic rings. The summed E-state index contributed by atoms with van der Waals surface area (Å²) >= 11 is 0. The molecule has 0 bridgehead atoms. The second kappa shape index (κ2) is 11.4. The Kier molecular flexibility index (Phi) is 10.8. The number of guanidine groups is 1. The normalized spacial score (nSPS) is 10.9. The monoisotopic (exact) mass is 421 g/mol. The predicted octanol–water partition coefficient (Wildman–Crippen LogP) is 3.75. The first-order chi connectivity index (χ1) is 10.1. The van der Waals surface area contributed by atoms with Crippen LogP contribution in [0.5, 0.6) is 11.5 Å². The van der Waals surface area contributed by atoms with Gasteiger partial charge in [0.05, 0.1) is 13.7 Å². The number of halogens is 1. The van der Waals surface area contributed by atoms with Crippen LogP contribution in [-0.2, 0) is 0 Å². The van der Waals surface area contributed by atoms with Gasteiger partial charge in [0.15, 0.2) is 17.5 Å². The molecule has 0 radical (unpaired) electrons.